The van der Waals surface area contributed by atoms with Crippen molar-refractivity contribution in [3.63, 3.8) is 0 Å². The van der Waals surface area contributed by atoms with E-state index in [-0.39, 0.29) is 25.2 Å². The van der Waals surface area contributed by atoms with Gasteiger partial charge in [0.1, 0.15) is 6.61 Å². The van der Waals surface area contributed by atoms with Gasteiger partial charge in [-0.2, -0.15) is 0 Å². The maximum Gasteiger partial charge on any atom is 0.306 e. The lowest BCUT2D eigenvalue weighted by Crippen LogP contribution is -2.30. The van der Waals surface area contributed by atoms with E-state index < -0.39 is 6.10 Å². The average Bonchev–Trinajstić information content (AvgIpc) is 3.27. The Kier molecular flexibility index (Phi) is 50.9. The highest BCUT2D eigenvalue weighted by molar-refractivity contribution is 5.70. The molecule has 0 aromatic rings. The molecule has 5 nitrogen and oxygen atoms in total. The molecule has 0 rings (SSSR count). The first kappa shape index (κ1) is 59.6. The third kappa shape index (κ3) is 50.2. The number of esters is 2. The molecule has 5 heteroatoms. The molecule has 0 radical (unpaired) electrons. The molecule has 0 aliphatic carbocycles. The average molecular weight is 867 g/mol. The molecule has 62 heavy (non-hydrogen) atoms. The molecule has 360 valence electrons. The van der Waals surface area contributed by atoms with E-state index in [0.29, 0.717) is 19.4 Å². The van der Waals surface area contributed by atoms with Crippen molar-refractivity contribution in [3.05, 3.63) is 60.8 Å². The second-order valence-corrected chi connectivity index (χ2v) is 17.8. The zero-order valence-electron chi connectivity index (χ0n) is 41.4. The van der Waals surface area contributed by atoms with E-state index in [1.54, 1.807) is 0 Å². The Balaban J connectivity index is 4.23. The van der Waals surface area contributed by atoms with Crippen molar-refractivity contribution >= 4 is 11.9 Å². The fourth-order valence-electron chi connectivity index (χ4n) is 7.56. The maximum absolute atomic E-state index is 12.8. The van der Waals surface area contributed by atoms with E-state index in [0.717, 1.165) is 83.5 Å². The molecule has 0 spiro atoms. The standard InChI is InChI=1S/C57H102O5/c1-4-7-10-13-16-19-22-24-26-28-29-31-32-34-36-38-41-44-47-50-56(58)61-54-55(53-60-52-49-46-43-40-21-18-15-12-9-6-3)62-57(59)51-48-45-42-39-37-35-33-30-27-25-23-20-17-14-11-8-5-2/h7,10,16,19,24-27,29,31,55H,4-6,8-9,11-15,17-18,20-23,28,30,32-54H2,1-3H3/b10-7-,19-16-,26-24-,27-25-,31-29-. The van der Waals surface area contributed by atoms with Crippen LogP contribution in [0.15, 0.2) is 60.8 Å². The summed E-state index contributed by atoms with van der Waals surface area (Å²) in [5, 5.41) is 0. The molecule has 0 heterocycles. The van der Waals surface area contributed by atoms with Gasteiger partial charge in [0.15, 0.2) is 6.10 Å². The summed E-state index contributed by atoms with van der Waals surface area (Å²) in [7, 11) is 0. The van der Waals surface area contributed by atoms with E-state index in [1.165, 1.54) is 148 Å². The molecule has 0 aliphatic rings. The zero-order chi connectivity index (χ0) is 44.9. The van der Waals surface area contributed by atoms with Crippen LogP contribution in [0.2, 0.25) is 0 Å². The van der Waals surface area contributed by atoms with Crippen LogP contribution in [0.1, 0.15) is 265 Å². The van der Waals surface area contributed by atoms with Gasteiger partial charge >= 0.3 is 11.9 Å². The Labute approximate surface area is 385 Å². The van der Waals surface area contributed by atoms with Crippen molar-refractivity contribution in [3.8, 4) is 0 Å². The lowest BCUT2D eigenvalue weighted by Gasteiger charge is -2.18. The third-order valence-electron chi connectivity index (χ3n) is 11.5. The van der Waals surface area contributed by atoms with E-state index >= 15 is 0 Å². The molecule has 1 unspecified atom stereocenters. The first-order valence-corrected chi connectivity index (χ1v) is 26.8. The van der Waals surface area contributed by atoms with E-state index in [2.05, 4.69) is 81.5 Å². The monoisotopic (exact) mass is 867 g/mol. The van der Waals surface area contributed by atoms with Crippen LogP contribution < -0.4 is 0 Å². The number of carbonyl (C=O) groups excluding carboxylic acids is 2. The number of hydrogen-bond acceptors (Lipinski definition) is 5. The maximum atomic E-state index is 12.8. The summed E-state index contributed by atoms with van der Waals surface area (Å²) in [5.74, 6) is -0.410. The van der Waals surface area contributed by atoms with E-state index in [1.807, 2.05) is 0 Å². The second kappa shape index (κ2) is 52.9. The van der Waals surface area contributed by atoms with Gasteiger partial charge in [0.2, 0.25) is 0 Å². The number of unbranched alkanes of at least 4 members (excludes halogenated alkanes) is 28. The number of carbonyl (C=O) groups is 2. The van der Waals surface area contributed by atoms with Crippen molar-refractivity contribution < 1.29 is 23.8 Å². The smallest absolute Gasteiger partial charge is 0.306 e. The second-order valence-electron chi connectivity index (χ2n) is 17.8. The van der Waals surface area contributed by atoms with Crippen LogP contribution in [-0.4, -0.2) is 37.9 Å². The van der Waals surface area contributed by atoms with Crippen molar-refractivity contribution in [2.24, 2.45) is 0 Å². The van der Waals surface area contributed by atoms with Crippen LogP contribution in [0.3, 0.4) is 0 Å². The van der Waals surface area contributed by atoms with Crippen LogP contribution in [0.4, 0.5) is 0 Å². The summed E-state index contributed by atoms with van der Waals surface area (Å²) in [4.78, 5) is 25.4. The van der Waals surface area contributed by atoms with Gasteiger partial charge in [0.05, 0.1) is 6.61 Å². The lowest BCUT2D eigenvalue weighted by molar-refractivity contribution is -0.163. The summed E-state index contributed by atoms with van der Waals surface area (Å²) in [5.41, 5.74) is 0. The van der Waals surface area contributed by atoms with Crippen molar-refractivity contribution in [2.45, 2.75) is 271 Å². The Morgan fingerprint density at radius 2 is 0.726 bits per heavy atom. The molecular weight excluding hydrogens is 765 g/mol. The minimum absolute atomic E-state index is 0.0775. The molecule has 0 bridgehead atoms. The van der Waals surface area contributed by atoms with Gasteiger partial charge in [-0.05, 0) is 83.5 Å². The van der Waals surface area contributed by atoms with Gasteiger partial charge in [-0.25, -0.2) is 0 Å². The first-order chi connectivity index (χ1) is 30.6. The molecule has 0 aromatic carbocycles. The van der Waals surface area contributed by atoms with Gasteiger partial charge in [-0.3, -0.25) is 9.59 Å². The van der Waals surface area contributed by atoms with Gasteiger partial charge in [0, 0.05) is 19.4 Å². The minimum Gasteiger partial charge on any atom is -0.462 e. The van der Waals surface area contributed by atoms with Crippen molar-refractivity contribution in [1.82, 2.24) is 0 Å². The van der Waals surface area contributed by atoms with Crippen LogP contribution in [0.25, 0.3) is 0 Å². The topological polar surface area (TPSA) is 61.8 Å². The van der Waals surface area contributed by atoms with Gasteiger partial charge < -0.3 is 14.2 Å². The SMILES string of the molecule is CC/C=C\C/C=C\C/C=C\C/C=C\CCCCCCCCC(=O)OCC(COCCCCCCCCCCCC)OC(=O)CCCCCCCCC/C=C\CCCCCCCC. The summed E-state index contributed by atoms with van der Waals surface area (Å²) in [6, 6.07) is 0. The normalized spacial score (nSPS) is 12.6. The molecule has 0 aliphatic heterocycles. The highest BCUT2D eigenvalue weighted by Crippen LogP contribution is 2.15. The Hall–Kier alpha value is -2.40. The summed E-state index contributed by atoms with van der Waals surface area (Å²) in [6.45, 7) is 7.72. The quantitative estimate of drug-likeness (QED) is 0.0346. The summed E-state index contributed by atoms with van der Waals surface area (Å²) >= 11 is 0. The Morgan fingerprint density at radius 3 is 1.18 bits per heavy atom. The number of hydrogen-bond donors (Lipinski definition) is 0. The zero-order valence-corrected chi connectivity index (χ0v) is 41.4. The molecule has 1 atom stereocenters. The van der Waals surface area contributed by atoms with Crippen LogP contribution >= 0.6 is 0 Å². The molecule has 0 aromatic heterocycles. The predicted molar refractivity (Wildman–Crippen MR) is 270 cm³/mol. The van der Waals surface area contributed by atoms with Crippen LogP contribution in [0.5, 0.6) is 0 Å². The fourth-order valence-corrected chi connectivity index (χ4v) is 7.56. The van der Waals surface area contributed by atoms with E-state index in [4.69, 9.17) is 14.2 Å². The number of rotatable bonds is 49. The number of ether oxygens (including phenoxy) is 3. The first-order valence-electron chi connectivity index (χ1n) is 26.8. The molecule has 0 N–H and O–H groups in total. The fraction of sp³-hybridized carbons (Fsp3) is 0.789. The predicted octanol–water partition coefficient (Wildman–Crippen LogP) is 18.1. The Bertz CT molecular complexity index is 1070. The van der Waals surface area contributed by atoms with Gasteiger partial charge in [-0.15, -0.1) is 0 Å². The van der Waals surface area contributed by atoms with Gasteiger partial charge in [0.25, 0.3) is 0 Å². The highest BCUT2D eigenvalue weighted by atomic mass is 16.6. The van der Waals surface area contributed by atoms with Crippen LogP contribution in [0, 0.1) is 0 Å². The molecule has 0 amide bonds. The molecule has 0 saturated heterocycles. The number of allylic oxidation sites excluding steroid dienone is 10. The van der Waals surface area contributed by atoms with Gasteiger partial charge in [-0.1, -0.05) is 229 Å². The summed E-state index contributed by atoms with van der Waals surface area (Å²) < 4.78 is 17.4. The summed E-state index contributed by atoms with van der Waals surface area (Å²) in [6.07, 6.45) is 66.6. The molecule has 0 fully saturated rings. The minimum atomic E-state index is -0.542. The van der Waals surface area contributed by atoms with Crippen molar-refractivity contribution in [2.75, 3.05) is 19.8 Å². The largest absolute Gasteiger partial charge is 0.462 e. The molecule has 0 saturated carbocycles. The molecular formula is C57H102O5. The third-order valence-corrected chi connectivity index (χ3v) is 11.5. The lowest BCUT2D eigenvalue weighted by atomic mass is 10.1. The highest BCUT2D eigenvalue weighted by Gasteiger charge is 2.17. The van der Waals surface area contributed by atoms with Crippen LogP contribution in [-0.2, 0) is 23.8 Å². The Morgan fingerprint density at radius 1 is 0.371 bits per heavy atom. The van der Waals surface area contributed by atoms with Crippen molar-refractivity contribution in [1.29, 1.82) is 0 Å². The van der Waals surface area contributed by atoms with E-state index in [9.17, 15) is 9.59 Å².